The third-order valence-electron chi connectivity index (χ3n) is 10.3. The molecule has 0 atom stereocenters. The summed E-state index contributed by atoms with van der Waals surface area (Å²) in [5.41, 5.74) is 12.4. The summed E-state index contributed by atoms with van der Waals surface area (Å²) in [7, 11) is 0. The zero-order valence-electron chi connectivity index (χ0n) is 28.0. The largest absolute Gasteiger partial charge is 0.309 e. The molecule has 0 unspecified atom stereocenters. The van der Waals surface area contributed by atoms with Crippen LogP contribution in [-0.4, -0.2) is 23.9 Å². The minimum Gasteiger partial charge on any atom is -0.309 e. The van der Waals surface area contributed by atoms with Crippen LogP contribution >= 0.6 is 0 Å². The Morgan fingerprint density at radius 3 is 1.67 bits per heavy atom. The average molecular weight is 664 g/mol. The van der Waals surface area contributed by atoms with Crippen LogP contribution in [0.2, 0.25) is 0 Å². The zero-order chi connectivity index (χ0) is 34.2. The molecule has 0 bridgehead atoms. The monoisotopic (exact) mass is 663 g/mol. The standard InChI is InChI=1S/C47H29N5/c1-3-14-30(15-4-1)40-29-41(31-16-5-2-6-17-31)49-46(48-40)32-18-13-19-33(26-32)51-42-23-10-8-21-35(42)37-27-38-36(28-45(37)51)34-20-7-11-24-43(34)52-44-25-12-9-22-39(44)50-47(38)52/h1-29H. The van der Waals surface area contributed by atoms with Gasteiger partial charge >= 0.3 is 0 Å². The summed E-state index contributed by atoms with van der Waals surface area (Å²) in [5.74, 6) is 0.688. The molecule has 5 nitrogen and oxygen atoms in total. The second kappa shape index (κ2) is 11.2. The molecule has 0 saturated heterocycles. The van der Waals surface area contributed by atoms with Gasteiger partial charge in [-0.1, -0.05) is 121 Å². The zero-order valence-corrected chi connectivity index (χ0v) is 28.0. The van der Waals surface area contributed by atoms with Gasteiger partial charge in [0.15, 0.2) is 5.82 Å². The third kappa shape index (κ3) is 4.33. The predicted octanol–water partition coefficient (Wildman–Crippen LogP) is 11.7. The van der Waals surface area contributed by atoms with E-state index in [0.29, 0.717) is 5.82 Å². The lowest BCUT2D eigenvalue weighted by molar-refractivity contribution is 1.16. The van der Waals surface area contributed by atoms with Gasteiger partial charge in [-0.3, -0.25) is 4.40 Å². The molecule has 0 radical (unpaired) electrons. The summed E-state index contributed by atoms with van der Waals surface area (Å²) >= 11 is 0. The maximum Gasteiger partial charge on any atom is 0.160 e. The van der Waals surface area contributed by atoms with Crippen LogP contribution in [-0.2, 0) is 0 Å². The molecule has 11 aromatic rings. The van der Waals surface area contributed by atoms with Crippen molar-refractivity contribution in [2.75, 3.05) is 0 Å². The Morgan fingerprint density at radius 1 is 0.346 bits per heavy atom. The minimum absolute atomic E-state index is 0.688. The molecule has 4 heterocycles. The van der Waals surface area contributed by atoms with Crippen LogP contribution < -0.4 is 0 Å². The number of benzene rings is 7. The van der Waals surface area contributed by atoms with Crippen molar-refractivity contribution < 1.29 is 0 Å². The number of aromatic nitrogens is 5. The summed E-state index contributed by atoms with van der Waals surface area (Å²) in [6.07, 6.45) is 0. The van der Waals surface area contributed by atoms with Crippen LogP contribution in [0, 0.1) is 0 Å². The average Bonchev–Trinajstić information content (AvgIpc) is 3.77. The fourth-order valence-electron chi connectivity index (χ4n) is 7.92. The van der Waals surface area contributed by atoms with Gasteiger partial charge in [0.2, 0.25) is 0 Å². The lowest BCUT2D eigenvalue weighted by atomic mass is 10.0. The molecule has 242 valence electrons. The molecule has 52 heavy (non-hydrogen) atoms. The molecule has 0 saturated carbocycles. The number of hydrogen-bond donors (Lipinski definition) is 0. The molecule has 5 heteroatoms. The van der Waals surface area contributed by atoms with Crippen molar-refractivity contribution in [3.05, 3.63) is 176 Å². The van der Waals surface area contributed by atoms with E-state index in [1.54, 1.807) is 0 Å². The van der Waals surface area contributed by atoms with E-state index in [0.717, 1.165) is 72.4 Å². The van der Waals surface area contributed by atoms with Gasteiger partial charge in [-0.15, -0.1) is 0 Å². The van der Waals surface area contributed by atoms with E-state index in [2.05, 4.69) is 173 Å². The van der Waals surface area contributed by atoms with Crippen molar-refractivity contribution in [1.29, 1.82) is 0 Å². The van der Waals surface area contributed by atoms with Crippen LogP contribution in [0.3, 0.4) is 0 Å². The first-order valence-electron chi connectivity index (χ1n) is 17.5. The first kappa shape index (κ1) is 28.7. The smallest absolute Gasteiger partial charge is 0.160 e. The van der Waals surface area contributed by atoms with Gasteiger partial charge in [0.25, 0.3) is 0 Å². The number of nitrogens with zero attached hydrogens (tertiary/aromatic N) is 5. The topological polar surface area (TPSA) is 48.0 Å². The van der Waals surface area contributed by atoms with E-state index >= 15 is 0 Å². The summed E-state index contributed by atoms with van der Waals surface area (Å²) in [4.78, 5) is 15.5. The lowest BCUT2D eigenvalue weighted by Gasteiger charge is -2.13. The summed E-state index contributed by atoms with van der Waals surface area (Å²) in [6.45, 7) is 0. The number of imidazole rings is 1. The van der Waals surface area contributed by atoms with Crippen molar-refractivity contribution in [2.45, 2.75) is 0 Å². The Labute approximate surface area is 298 Å². The number of rotatable bonds is 4. The van der Waals surface area contributed by atoms with Gasteiger partial charge in [-0.05, 0) is 60.0 Å². The minimum atomic E-state index is 0.688. The molecule has 0 aliphatic heterocycles. The maximum absolute atomic E-state index is 5.19. The molecular formula is C47H29N5. The van der Waals surface area contributed by atoms with Gasteiger partial charge in [0.05, 0.1) is 39.0 Å². The molecule has 0 aliphatic rings. The van der Waals surface area contributed by atoms with Crippen LogP contribution in [0.4, 0.5) is 0 Å². The van der Waals surface area contributed by atoms with Crippen molar-refractivity contribution in [2.24, 2.45) is 0 Å². The molecule has 0 N–H and O–H groups in total. The van der Waals surface area contributed by atoms with E-state index < -0.39 is 0 Å². The van der Waals surface area contributed by atoms with Crippen molar-refractivity contribution >= 4 is 60.2 Å². The van der Waals surface area contributed by atoms with Crippen molar-refractivity contribution in [3.63, 3.8) is 0 Å². The number of hydrogen-bond acceptors (Lipinski definition) is 3. The highest BCUT2D eigenvalue weighted by atomic mass is 15.0. The van der Waals surface area contributed by atoms with E-state index in [-0.39, 0.29) is 0 Å². The van der Waals surface area contributed by atoms with Gasteiger partial charge in [-0.25, -0.2) is 15.0 Å². The van der Waals surface area contributed by atoms with Crippen molar-refractivity contribution in [3.8, 4) is 39.6 Å². The van der Waals surface area contributed by atoms with Crippen molar-refractivity contribution in [1.82, 2.24) is 23.9 Å². The van der Waals surface area contributed by atoms with Crippen LogP contribution in [0.15, 0.2) is 176 Å². The van der Waals surface area contributed by atoms with Gasteiger partial charge in [0.1, 0.15) is 5.65 Å². The Balaban J connectivity index is 1.17. The molecule has 0 fully saturated rings. The molecule has 0 aliphatic carbocycles. The summed E-state index contributed by atoms with van der Waals surface area (Å²) in [6, 6.07) is 61.8. The van der Waals surface area contributed by atoms with Crippen LogP contribution in [0.1, 0.15) is 0 Å². The first-order chi connectivity index (χ1) is 25.8. The number of pyridine rings is 1. The SMILES string of the molecule is c1ccc(-c2cc(-c3ccccc3)nc(-c3cccc(-n4c5ccccc5c5cc6c(cc54)c4ccccc4n4c5ccccc5nc64)c3)n2)cc1. The number of fused-ring (bicyclic) bond motifs is 11. The van der Waals surface area contributed by atoms with Gasteiger partial charge in [-0.2, -0.15) is 0 Å². The Hall–Kier alpha value is -7.11. The Morgan fingerprint density at radius 2 is 0.942 bits per heavy atom. The second-order valence-electron chi connectivity index (χ2n) is 13.3. The van der Waals surface area contributed by atoms with E-state index in [4.69, 9.17) is 15.0 Å². The van der Waals surface area contributed by atoms with Crippen LogP contribution in [0.25, 0.3) is 99.8 Å². The molecule has 4 aromatic heterocycles. The number of para-hydroxylation sites is 4. The van der Waals surface area contributed by atoms with Gasteiger partial charge in [0, 0.05) is 43.9 Å². The van der Waals surface area contributed by atoms with Crippen LogP contribution in [0.5, 0.6) is 0 Å². The fourth-order valence-corrected chi connectivity index (χ4v) is 7.92. The van der Waals surface area contributed by atoms with E-state index in [1.807, 2.05) is 12.1 Å². The lowest BCUT2D eigenvalue weighted by Crippen LogP contribution is -1.98. The second-order valence-corrected chi connectivity index (χ2v) is 13.3. The normalized spacial score (nSPS) is 11.8. The predicted molar refractivity (Wildman–Crippen MR) is 214 cm³/mol. The summed E-state index contributed by atoms with van der Waals surface area (Å²) in [5, 5.41) is 5.89. The highest BCUT2D eigenvalue weighted by Crippen LogP contribution is 2.40. The highest BCUT2D eigenvalue weighted by molar-refractivity contribution is 6.21. The highest BCUT2D eigenvalue weighted by Gasteiger charge is 2.19. The molecule has 11 rings (SSSR count). The quantitative estimate of drug-likeness (QED) is 0.176. The van der Waals surface area contributed by atoms with E-state index in [1.165, 1.54) is 21.5 Å². The fraction of sp³-hybridized carbons (Fsp3) is 0. The molecule has 0 spiro atoms. The summed E-state index contributed by atoms with van der Waals surface area (Å²) < 4.78 is 4.70. The molecule has 7 aromatic carbocycles. The Kier molecular flexibility index (Phi) is 6.18. The molecular weight excluding hydrogens is 635 g/mol. The molecule has 0 amide bonds. The van der Waals surface area contributed by atoms with E-state index in [9.17, 15) is 0 Å². The third-order valence-corrected chi connectivity index (χ3v) is 10.3. The maximum atomic E-state index is 5.19. The Bertz CT molecular complexity index is 3120. The van der Waals surface area contributed by atoms with Gasteiger partial charge < -0.3 is 4.57 Å². The first-order valence-corrected chi connectivity index (χ1v) is 17.5.